The Morgan fingerprint density at radius 3 is 2.93 bits per heavy atom. The fraction of sp³-hybridized carbons (Fsp3) is 0.550. The van der Waals surface area contributed by atoms with E-state index < -0.39 is 0 Å². The van der Waals surface area contributed by atoms with Gasteiger partial charge in [-0.1, -0.05) is 0 Å². The number of nitrogens with zero attached hydrogens (tertiary/aromatic N) is 3. The molecule has 3 heterocycles. The summed E-state index contributed by atoms with van der Waals surface area (Å²) >= 11 is 0. The summed E-state index contributed by atoms with van der Waals surface area (Å²) in [6.07, 6.45) is 5.33. The summed E-state index contributed by atoms with van der Waals surface area (Å²) in [6.45, 7) is 6.43. The van der Waals surface area contributed by atoms with Crippen molar-refractivity contribution in [3.05, 3.63) is 40.4 Å². The minimum Gasteiger partial charge on any atom is -0.444 e. The molecule has 1 amide bonds. The largest absolute Gasteiger partial charge is 0.444 e. The van der Waals surface area contributed by atoms with Gasteiger partial charge in [0.05, 0.1) is 12.2 Å². The van der Waals surface area contributed by atoms with Crippen LogP contribution in [0.4, 0.5) is 9.18 Å². The first-order chi connectivity index (χ1) is 13.5. The van der Waals surface area contributed by atoms with E-state index in [1.54, 1.807) is 24.2 Å². The average Bonchev–Trinajstić information content (AvgIpc) is 3.28. The van der Waals surface area contributed by atoms with Crippen LogP contribution in [0.25, 0.3) is 0 Å². The van der Waals surface area contributed by atoms with Gasteiger partial charge < -0.3 is 15.4 Å². The highest BCUT2D eigenvalue weighted by Gasteiger charge is 2.33. The van der Waals surface area contributed by atoms with Crippen molar-refractivity contribution in [1.82, 2.24) is 20.5 Å². The highest BCUT2D eigenvalue weighted by atomic mass is 19.1. The van der Waals surface area contributed by atoms with Gasteiger partial charge in [-0.25, -0.2) is 14.2 Å². The number of rotatable bonds is 6. The maximum absolute atomic E-state index is 14.3. The molecule has 8 heteroatoms. The molecule has 2 aliphatic heterocycles. The summed E-state index contributed by atoms with van der Waals surface area (Å²) < 4.78 is 19.8. The second-order valence-electron chi connectivity index (χ2n) is 7.66. The molecular formula is C20H26FN5O2. The van der Waals surface area contributed by atoms with Crippen molar-refractivity contribution in [2.24, 2.45) is 10.9 Å². The minimum atomic E-state index is -0.350. The molecule has 0 radical (unpaired) electrons. The molecule has 28 heavy (non-hydrogen) atoms. The number of carbonyl (C=O) groups excluding carboxylic acids is 1. The van der Waals surface area contributed by atoms with Gasteiger partial charge in [0.1, 0.15) is 11.9 Å². The van der Waals surface area contributed by atoms with Crippen LogP contribution in [0.3, 0.4) is 0 Å². The Hall–Kier alpha value is -2.48. The molecule has 2 N–H and O–H groups in total. The van der Waals surface area contributed by atoms with Crippen LogP contribution < -0.4 is 10.6 Å². The molecule has 1 aromatic heterocycles. The Bertz CT molecular complexity index is 838. The lowest BCUT2D eigenvalue weighted by Gasteiger charge is -2.16. The molecule has 3 aliphatic rings. The predicted molar refractivity (Wildman–Crippen MR) is 104 cm³/mol. The van der Waals surface area contributed by atoms with Crippen LogP contribution in [0, 0.1) is 25.6 Å². The van der Waals surface area contributed by atoms with Gasteiger partial charge in [-0.2, -0.15) is 0 Å². The van der Waals surface area contributed by atoms with Crippen LogP contribution in [0.5, 0.6) is 0 Å². The van der Waals surface area contributed by atoms with Gasteiger partial charge >= 0.3 is 6.09 Å². The molecule has 1 fully saturated rings. The predicted octanol–water partition coefficient (Wildman–Crippen LogP) is 1.83. The second kappa shape index (κ2) is 7.87. The summed E-state index contributed by atoms with van der Waals surface area (Å²) in [4.78, 5) is 22.1. The lowest BCUT2D eigenvalue weighted by molar-refractivity contribution is 0.130. The van der Waals surface area contributed by atoms with E-state index in [1.807, 2.05) is 6.92 Å². The number of amides is 1. The first-order valence-electron chi connectivity index (χ1n) is 9.82. The monoisotopic (exact) mass is 387 g/mol. The Morgan fingerprint density at radius 2 is 2.14 bits per heavy atom. The van der Waals surface area contributed by atoms with Crippen LogP contribution in [0.1, 0.15) is 28.9 Å². The van der Waals surface area contributed by atoms with Crippen molar-refractivity contribution >= 4 is 12.3 Å². The maximum atomic E-state index is 14.3. The zero-order valence-corrected chi connectivity index (χ0v) is 16.3. The molecular weight excluding hydrogens is 361 g/mol. The number of cyclic esters (lactones) is 1. The lowest BCUT2D eigenvalue weighted by Crippen LogP contribution is -2.29. The number of aromatic nitrogens is 1. The molecule has 0 spiro atoms. The summed E-state index contributed by atoms with van der Waals surface area (Å²) in [5.74, 6) is 0.828. The number of aliphatic imine (C=N–C) groups is 1. The number of pyridine rings is 1. The summed E-state index contributed by atoms with van der Waals surface area (Å²) in [5.41, 5.74) is 3.35. The smallest absolute Gasteiger partial charge is 0.415 e. The van der Waals surface area contributed by atoms with Gasteiger partial charge in [-0.3, -0.25) is 9.88 Å². The summed E-state index contributed by atoms with van der Waals surface area (Å²) in [5, 5.41) is 6.49. The third-order valence-corrected chi connectivity index (χ3v) is 5.60. The fourth-order valence-electron chi connectivity index (χ4n) is 4.17. The molecule has 1 aromatic rings. The van der Waals surface area contributed by atoms with E-state index in [4.69, 9.17) is 4.74 Å². The van der Waals surface area contributed by atoms with Crippen LogP contribution in [-0.2, 0) is 17.6 Å². The Morgan fingerprint density at radius 1 is 1.32 bits per heavy atom. The van der Waals surface area contributed by atoms with E-state index in [2.05, 4.69) is 20.6 Å². The topological polar surface area (TPSA) is 78.9 Å². The number of hydrogen-bond donors (Lipinski definition) is 2. The second-order valence-corrected chi connectivity index (χ2v) is 7.66. The molecule has 7 nitrogen and oxygen atoms in total. The number of fused-ring (bicyclic) bond motifs is 1. The van der Waals surface area contributed by atoms with Crippen molar-refractivity contribution in [3.8, 4) is 0 Å². The standard InChI is InChI=1S/C20H26FN5O2/c1-12-16-7-14(8-17(16)19(21)13(2)25-12)9-22-4-3-15-11-26(20(27)28-15)18-10-23-5-6-24-18/h6,10,14-15,22-23H,3-5,7-9,11H2,1-2H3. The lowest BCUT2D eigenvalue weighted by atomic mass is 10.1. The molecule has 4 rings (SSSR count). The number of halogens is 1. The molecule has 1 saturated heterocycles. The fourth-order valence-corrected chi connectivity index (χ4v) is 4.17. The van der Waals surface area contributed by atoms with Gasteiger partial charge in [0.15, 0.2) is 5.82 Å². The average molecular weight is 387 g/mol. The molecule has 150 valence electrons. The number of aryl methyl sites for hydroxylation is 2. The van der Waals surface area contributed by atoms with E-state index in [9.17, 15) is 9.18 Å². The zero-order chi connectivity index (χ0) is 19.7. The number of hydrogen-bond acceptors (Lipinski definition) is 6. The third-order valence-electron chi connectivity index (χ3n) is 5.60. The van der Waals surface area contributed by atoms with Crippen LogP contribution in [0.2, 0.25) is 0 Å². The van der Waals surface area contributed by atoms with Gasteiger partial charge in [-0.15, -0.1) is 0 Å². The quantitative estimate of drug-likeness (QED) is 0.728. The summed E-state index contributed by atoms with van der Waals surface area (Å²) in [7, 11) is 0. The Labute approximate surface area is 164 Å². The van der Waals surface area contributed by atoms with E-state index in [0.29, 0.717) is 30.5 Å². The van der Waals surface area contributed by atoms with E-state index in [1.165, 1.54) is 0 Å². The van der Waals surface area contributed by atoms with Gasteiger partial charge in [0, 0.05) is 24.7 Å². The highest BCUT2D eigenvalue weighted by molar-refractivity contribution is 5.73. The SMILES string of the molecule is Cc1nc(C)c2c(c1F)CC(CNCCC1CN(C3=CNCC=N3)C(=O)O1)C2. The normalized spacial score (nSPS) is 23.5. The van der Waals surface area contributed by atoms with Crippen LogP contribution in [-0.4, -0.2) is 54.5 Å². The van der Waals surface area contributed by atoms with Gasteiger partial charge in [0.25, 0.3) is 0 Å². The molecule has 2 unspecified atom stereocenters. The summed E-state index contributed by atoms with van der Waals surface area (Å²) in [6, 6.07) is 0. The first-order valence-corrected chi connectivity index (χ1v) is 9.82. The van der Waals surface area contributed by atoms with Crippen molar-refractivity contribution in [2.45, 2.75) is 39.2 Å². The molecule has 2 atom stereocenters. The van der Waals surface area contributed by atoms with E-state index in [0.717, 1.165) is 49.2 Å². The molecule has 0 saturated carbocycles. The van der Waals surface area contributed by atoms with E-state index in [-0.39, 0.29) is 18.0 Å². The minimum absolute atomic E-state index is 0.143. The third kappa shape index (κ3) is 3.73. The number of carbonyl (C=O) groups is 1. The van der Waals surface area contributed by atoms with Crippen molar-refractivity contribution < 1.29 is 13.9 Å². The van der Waals surface area contributed by atoms with Gasteiger partial charge in [-0.05, 0) is 63.2 Å². The first kappa shape index (κ1) is 18.9. The van der Waals surface area contributed by atoms with Crippen LogP contribution >= 0.6 is 0 Å². The zero-order valence-electron chi connectivity index (χ0n) is 16.3. The number of ether oxygens (including phenoxy) is 1. The highest BCUT2D eigenvalue weighted by Crippen LogP contribution is 2.31. The van der Waals surface area contributed by atoms with Crippen molar-refractivity contribution in [1.29, 1.82) is 0 Å². The molecule has 0 bridgehead atoms. The molecule has 0 aromatic carbocycles. The Balaban J connectivity index is 1.22. The van der Waals surface area contributed by atoms with E-state index >= 15 is 0 Å². The van der Waals surface area contributed by atoms with Crippen LogP contribution in [0.15, 0.2) is 17.0 Å². The van der Waals surface area contributed by atoms with Gasteiger partial charge in [0.2, 0.25) is 0 Å². The Kier molecular flexibility index (Phi) is 5.30. The number of nitrogens with one attached hydrogen (secondary N) is 2. The maximum Gasteiger partial charge on any atom is 0.415 e. The van der Waals surface area contributed by atoms with Crippen molar-refractivity contribution in [2.75, 3.05) is 26.2 Å². The van der Waals surface area contributed by atoms with Crippen molar-refractivity contribution in [3.63, 3.8) is 0 Å². The molecule has 1 aliphatic carbocycles.